The third-order valence-electron chi connectivity index (χ3n) is 5.19. The molecule has 1 aliphatic rings. The topological polar surface area (TPSA) is 103 Å². The molecule has 1 aromatic carbocycles. The summed E-state index contributed by atoms with van der Waals surface area (Å²) < 4.78 is 15.7. The van der Waals surface area contributed by atoms with E-state index in [0.29, 0.717) is 56.3 Å². The second-order valence-corrected chi connectivity index (χ2v) is 7.21. The van der Waals surface area contributed by atoms with E-state index < -0.39 is 0 Å². The molecule has 1 N–H and O–H groups in total. The number of nitrogens with zero attached hydrogens (tertiary/aromatic N) is 3. The van der Waals surface area contributed by atoms with Gasteiger partial charge in [-0.1, -0.05) is 6.07 Å². The predicted octanol–water partition coefficient (Wildman–Crippen LogP) is 1.61. The Bertz CT molecular complexity index is 869. The van der Waals surface area contributed by atoms with Crippen LogP contribution in [0.4, 0.5) is 5.95 Å². The average molecular weight is 428 g/mol. The van der Waals surface area contributed by atoms with Crippen molar-refractivity contribution in [3.8, 4) is 11.5 Å². The normalized spacial score (nSPS) is 14.1. The SMILES string of the molecule is COc1ccc(CCNC(=O)COC(=O)C2CCN(c3ncccn3)CC2)cc1OC. The number of carbonyl (C=O) groups is 2. The van der Waals surface area contributed by atoms with Crippen LogP contribution < -0.4 is 19.7 Å². The van der Waals surface area contributed by atoms with E-state index in [2.05, 4.69) is 15.3 Å². The van der Waals surface area contributed by atoms with Crippen LogP contribution >= 0.6 is 0 Å². The summed E-state index contributed by atoms with van der Waals surface area (Å²) in [6.07, 6.45) is 5.33. The van der Waals surface area contributed by atoms with Crippen molar-refractivity contribution in [3.63, 3.8) is 0 Å². The van der Waals surface area contributed by atoms with E-state index in [9.17, 15) is 9.59 Å². The second kappa shape index (κ2) is 11.1. The van der Waals surface area contributed by atoms with Crippen LogP contribution in [0.15, 0.2) is 36.7 Å². The summed E-state index contributed by atoms with van der Waals surface area (Å²) in [7, 11) is 3.16. The van der Waals surface area contributed by atoms with Crippen LogP contribution in [0.3, 0.4) is 0 Å². The Morgan fingerprint density at radius 1 is 1.10 bits per heavy atom. The Morgan fingerprint density at radius 2 is 1.81 bits per heavy atom. The zero-order chi connectivity index (χ0) is 22.1. The summed E-state index contributed by atoms with van der Waals surface area (Å²) in [5.41, 5.74) is 1.00. The van der Waals surface area contributed by atoms with Gasteiger partial charge in [0, 0.05) is 32.0 Å². The number of anilines is 1. The van der Waals surface area contributed by atoms with Crippen molar-refractivity contribution in [2.24, 2.45) is 5.92 Å². The molecule has 1 fully saturated rings. The minimum absolute atomic E-state index is 0.209. The molecule has 1 saturated heterocycles. The van der Waals surface area contributed by atoms with E-state index in [-0.39, 0.29) is 24.4 Å². The van der Waals surface area contributed by atoms with E-state index in [1.807, 2.05) is 23.1 Å². The van der Waals surface area contributed by atoms with Gasteiger partial charge in [-0.15, -0.1) is 0 Å². The minimum atomic E-state index is -0.330. The Hall–Kier alpha value is -3.36. The van der Waals surface area contributed by atoms with Crippen LogP contribution in [0.25, 0.3) is 0 Å². The fraction of sp³-hybridized carbons (Fsp3) is 0.455. The Kier molecular flexibility index (Phi) is 8.03. The van der Waals surface area contributed by atoms with Crippen molar-refractivity contribution >= 4 is 17.8 Å². The molecule has 1 amide bonds. The zero-order valence-corrected chi connectivity index (χ0v) is 17.9. The highest BCUT2D eigenvalue weighted by molar-refractivity contribution is 5.81. The first-order valence-electron chi connectivity index (χ1n) is 10.3. The highest BCUT2D eigenvalue weighted by Gasteiger charge is 2.27. The van der Waals surface area contributed by atoms with Crippen LogP contribution in [-0.4, -0.2) is 62.3 Å². The van der Waals surface area contributed by atoms with Gasteiger partial charge in [-0.05, 0) is 43.0 Å². The first-order valence-corrected chi connectivity index (χ1v) is 10.3. The van der Waals surface area contributed by atoms with E-state index in [4.69, 9.17) is 14.2 Å². The molecule has 2 heterocycles. The van der Waals surface area contributed by atoms with Gasteiger partial charge in [0.05, 0.1) is 20.1 Å². The zero-order valence-electron chi connectivity index (χ0n) is 17.9. The van der Waals surface area contributed by atoms with Gasteiger partial charge in [-0.3, -0.25) is 9.59 Å². The van der Waals surface area contributed by atoms with Gasteiger partial charge in [-0.2, -0.15) is 0 Å². The molecule has 166 valence electrons. The van der Waals surface area contributed by atoms with Gasteiger partial charge in [0.25, 0.3) is 5.91 Å². The summed E-state index contributed by atoms with van der Waals surface area (Å²) >= 11 is 0. The highest BCUT2D eigenvalue weighted by Crippen LogP contribution is 2.27. The largest absolute Gasteiger partial charge is 0.493 e. The van der Waals surface area contributed by atoms with Crippen molar-refractivity contribution in [1.82, 2.24) is 15.3 Å². The molecule has 31 heavy (non-hydrogen) atoms. The van der Waals surface area contributed by atoms with Gasteiger partial charge in [0.2, 0.25) is 5.95 Å². The Labute approximate surface area is 181 Å². The lowest BCUT2D eigenvalue weighted by molar-refractivity contribution is -0.153. The molecule has 0 bridgehead atoms. The third kappa shape index (κ3) is 6.31. The lowest BCUT2D eigenvalue weighted by atomic mass is 9.97. The van der Waals surface area contributed by atoms with Gasteiger partial charge < -0.3 is 24.4 Å². The summed E-state index contributed by atoms with van der Waals surface area (Å²) in [6, 6.07) is 7.39. The molecule has 9 nitrogen and oxygen atoms in total. The molecule has 0 unspecified atom stereocenters. The maximum atomic E-state index is 12.3. The molecule has 0 aliphatic carbocycles. The van der Waals surface area contributed by atoms with Crippen molar-refractivity contribution in [2.45, 2.75) is 19.3 Å². The molecule has 3 rings (SSSR count). The van der Waals surface area contributed by atoms with Gasteiger partial charge in [0.1, 0.15) is 0 Å². The first kappa shape index (κ1) is 22.3. The number of aromatic nitrogens is 2. The van der Waals surface area contributed by atoms with Crippen molar-refractivity contribution < 1.29 is 23.8 Å². The molecule has 1 aliphatic heterocycles. The van der Waals surface area contributed by atoms with E-state index in [1.54, 1.807) is 32.7 Å². The number of methoxy groups -OCH3 is 2. The Balaban J connectivity index is 1.35. The molecule has 0 radical (unpaired) electrons. The van der Waals surface area contributed by atoms with Crippen molar-refractivity contribution in [1.29, 1.82) is 0 Å². The summed E-state index contributed by atoms with van der Waals surface area (Å²) in [5.74, 6) is 1.12. The molecular formula is C22H28N4O5. The van der Waals surface area contributed by atoms with Crippen LogP contribution in [-0.2, 0) is 20.7 Å². The van der Waals surface area contributed by atoms with Crippen LogP contribution in [0.2, 0.25) is 0 Å². The fourth-order valence-corrected chi connectivity index (χ4v) is 3.46. The highest BCUT2D eigenvalue weighted by atomic mass is 16.5. The number of amides is 1. The van der Waals surface area contributed by atoms with Gasteiger partial charge in [-0.25, -0.2) is 9.97 Å². The molecule has 0 saturated carbocycles. The standard InChI is InChI=1S/C22H28N4O5/c1-29-18-5-4-16(14-19(18)30-2)6-11-23-20(27)15-31-21(28)17-7-12-26(13-8-17)22-24-9-3-10-25-22/h3-5,9-10,14,17H,6-8,11-13,15H2,1-2H3,(H,23,27). The number of carbonyl (C=O) groups excluding carboxylic acids is 2. The molecule has 0 spiro atoms. The third-order valence-corrected chi connectivity index (χ3v) is 5.19. The monoisotopic (exact) mass is 428 g/mol. The van der Waals surface area contributed by atoms with Gasteiger partial charge >= 0.3 is 5.97 Å². The number of nitrogens with one attached hydrogen (secondary N) is 1. The maximum Gasteiger partial charge on any atom is 0.309 e. The number of hydrogen-bond acceptors (Lipinski definition) is 8. The molecule has 0 atom stereocenters. The minimum Gasteiger partial charge on any atom is -0.493 e. The van der Waals surface area contributed by atoms with Crippen LogP contribution in [0, 0.1) is 5.92 Å². The molecule has 9 heteroatoms. The maximum absolute atomic E-state index is 12.3. The lowest BCUT2D eigenvalue weighted by Crippen LogP contribution is -2.38. The van der Waals surface area contributed by atoms with Crippen molar-refractivity contribution in [3.05, 3.63) is 42.2 Å². The van der Waals surface area contributed by atoms with E-state index >= 15 is 0 Å². The molecule has 2 aromatic rings. The number of benzene rings is 1. The number of rotatable bonds is 9. The van der Waals surface area contributed by atoms with E-state index in [1.165, 1.54) is 0 Å². The van der Waals surface area contributed by atoms with E-state index in [0.717, 1.165) is 5.56 Å². The Morgan fingerprint density at radius 3 is 2.48 bits per heavy atom. The van der Waals surface area contributed by atoms with Crippen LogP contribution in [0.1, 0.15) is 18.4 Å². The van der Waals surface area contributed by atoms with Gasteiger partial charge in [0.15, 0.2) is 18.1 Å². The summed E-state index contributed by atoms with van der Waals surface area (Å²) in [5, 5.41) is 2.77. The molecular weight excluding hydrogens is 400 g/mol. The van der Waals surface area contributed by atoms with Crippen molar-refractivity contribution in [2.75, 3.05) is 45.4 Å². The quantitative estimate of drug-likeness (QED) is 0.601. The predicted molar refractivity (Wildman–Crippen MR) is 114 cm³/mol. The number of ether oxygens (including phenoxy) is 3. The number of esters is 1. The number of piperidine rings is 1. The second-order valence-electron chi connectivity index (χ2n) is 7.21. The molecule has 1 aromatic heterocycles. The average Bonchev–Trinajstić information content (AvgIpc) is 2.83. The summed E-state index contributed by atoms with van der Waals surface area (Å²) in [4.78, 5) is 34.8. The lowest BCUT2D eigenvalue weighted by Gasteiger charge is -2.30. The fourth-order valence-electron chi connectivity index (χ4n) is 3.46. The first-order chi connectivity index (χ1) is 15.1. The number of hydrogen-bond donors (Lipinski definition) is 1. The van der Waals surface area contributed by atoms with Crippen LogP contribution in [0.5, 0.6) is 11.5 Å². The smallest absolute Gasteiger partial charge is 0.309 e. The summed E-state index contributed by atoms with van der Waals surface area (Å²) in [6.45, 7) is 1.52.